The molecule has 0 bridgehead atoms. The molecule has 2 fully saturated rings. The molecule has 2 aromatic carbocycles. The van der Waals surface area contributed by atoms with E-state index in [1.807, 2.05) is 0 Å². The molecule has 0 aliphatic heterocycles. The highest BCUT2D eigenvalue weighted by molar-refractivity contribution is 5.89. The second-order valence-corrected chi connectivity index (χ2v) is 7.65. The lowest BCUT2D eigenvalue weighted by Crippen LogP contribution is -2.41. The van der Waals surface area contributed by atoms with Crippen LogP contribution in [0.25, 0.3) is 0 Å². The molecule has 2 aliphatic rings. The van der Waals surface area contributed by atoms with Gasteiger partial charge in [0.15, 0.2) is 0 Å². The van der Waals surface area contributed by atoms with Crippen LogP contribution in [0.15, 0.2) is 72.8 Å². The van der Waals surface area contributed by atoms with Crippen molar-refractivity contribution in [2.75, 3.05) is 7.05 Å². The molecule has 0 aromatic heterocycles. The summed E-state index contributed by atoms with van der Waals surface area (Å²) >= 11 is 0. The van der Waals surface area contributed by atoms with Crippen LogP contribution in [0.3, 0.4) is 0 Å². The first-order valence-corrected chi connectivity index (χ1v) is 9.91. The summed E-state index contributed by atoms with van der Waals surface area (Å²) < 4.78 is 0. The van der Waals surface area contributed by atoms with Gasteiger partial charge in [-0.05, 0) is 49.3 Å². The molecule has 0 amide bonds. The molecule has 2 aromatic rings. The monoisotopic (exact) mass is 393 g/mol. The molecule has 0 saturated heterocycles. The number of carboxylic acids is 2. The van der Waals surface area contributed by atoms with E-state index in [1.54, 1.807) is 0 Å². The van der Waals surface area contributed by atoms with Crippen molar-refractivity contribution in [3.8, 4) is 0 Å². The smallest absolute Gasteiger partial charge is 0.328 e. The van der Waals surface area contributed by atoms with E-state index in [4.69, 9.17) is 10.2 Å². The van der Waals surface area contributed by atoms with E-state index >= 15 is 0 Å². The summed E-state index contributed by atoms with van der Waals surface area (Å²) in [6.07, 6.45) is 5.02. The van der Waals surface area contributed by atoms with E-state index in [2.05, 4.69) is 73.0 Å². The molecule has 5 heteroatoms. The third-order valence-electron chi connectivity index (χ3n) is 6.16. The summed E-state index contributed by atoms with van der Waals surface area (Å²) in [5.74, 6) is -0.863. The van der Waals surface area contributed by atoms with Gasteiger partial charge >= 0.3 is 11.9 Å². The van der Waals surface area contributed by atoms with Crippen LogP contribution in [-0.2, 0) is 15.0 Å². The van der Waals surface area contributed by atoms with Crippen LogP contribution in [0.1, 0.15) is 30.4 Å². The van der Waals surface area contributed by atoms with Crippen LogP contribution in [0.4, 0.5) is 0 Å². The fourth-order valence-electron chi connectivity index (χ4n) is 4.86. The Morgan fingerprint density at radius 3 is 1.83 bits per heavy atom. The second-order valence-electron chi connectivity index (χ2n) is 7.65. The highest BCUT2D eigenvalue weighted by Gasteiger charge is 2.59. The van der Waals surface area contributed by atoms with Gasteiger partial charge in [0.05, 0.1) is 0 Å². The Bertz CT molecular complexity index is 807. The zero-order chi connectivity index (χ0) is 20.9. The SMILES string of the molecule is CNC1CCC(c2ccccc2)(c2ccccc2)C2CC12.O=C(O)C=CC(=O)O. The molecule has 4 rings (SSSR count). The predicted molar refractivity (Wildman–Crippen MR) is 112 cm³/mol. The van der Waals surface area contributed by atoms with Gasteiger partial charge in [-0.25, -0.2) is 9.59 Å². The average molecular weight is 393 g/mol. The van der Waals surface area contributed by atoms with Crippen molar-refractivity contribution in [1.82, 2.24) is 5.32 Å². The van der Waals surface area contributed by atoms with Gasteiger partial charge in [-0.3, -0.25) is 0 Å². The van der Waals surface area contributed by atoms with Crippen LogP contribution in [0.5, 0.6) is 0 Å². The second kappa shape index (κ2) is 9.05. The van der Waals surface area contributed by atoms with E-state index < -0.39 is 11.9 Å². The number of benzene rings is 2. The summed E-state index contributed by atoms with van der Waals surface area (Å²) in [6, 6.07) is 23.1. The highest BCUT2D eigenvalue weighted by Crippen LogP contribution is 2.62. The highest BCUT2D eigenvalue weighted by atomic mass is 16.4. The van der Waals surface area contributed by atoms with Gasteiger partial charge < -0.3 is 15.5 Å². The Kier molecular flexibility index (Phi) is 6.49. The average Bonchev–Trinajstić information content (AvgIpc) is 3.55. The minimum atomic E-state index is -1.26. The van der Waals surface area contributed by atoms with Crippen LogP contribution < -0.4 is 5.32 Å². The third-order valence-corrected chi connectivity index (χ3v) is 6.16. The summed E-state index contributed by atoms with van der Waals surface area (Å²) in [5, 5.41) is 19.2. The van der Waals surface area contributed by atoms with Gasteiger partial charge in [0.25, 0.3) is 0 Å². The van der Waals surface area contributed by atoms with E-state index in [1.165, 1.54) is 30.4 Å². The molecule has 0 heterocycles. The number of hydrogen-bond acceptors (Lipinski definition) is 3. The van der Waals surface area contributed by atoms with Gasteiger partial charge in [0.2, 0.25) is 0 Å². The van der Waals surface area contributed by atoms with E-state index in [9.17, 15) is 9.59 Å². The first-order valence-electron chi connectivity index (χ1n) is 9.91. The number of hydrogen-bond donors (Lipinski definition) is 3. The molecule has 29 heavy (non-hydrogen) atoms. The Labute approximate surface area is 171 Å². The molecule has 3 unspecified atom stereocenters. The molecule has 3 N–H and O–H groups in total. The Hall–Kier alpha value is -2.92. The van der Waals surface area contributed by atoms with E-state index in [0.29, 0.717) is 12.2 Å². The third kappa shape index (κ3) is 4.57. The molecule has 2 aliphatic carbocycles. The molecule has 2 saturated carbocycles. The number of rotatable bonds is 5. The topological polar surface area (TPSA) is 86.6 Å². The van der Waals surface area contributed by atoms with Crippen molar-refractivity contribution in [3.05, 3.63) is 83.9 Å². The maximum atomic E-state index is 9.55. The maximum Gasteiger partial charge on any atom is 0.328 e. The van der Waals surface area contributed by atoms with Crippen molar-refractivity contribution in [3.63, 3.8) is 0 Å². The predicted octanol–water partition coefficient (Wildman–Crippen LogP) is 3.70. The van der Waals surface area contributed by atoms with Crippen molar-refractivity contribution >= 4 is 11.9 Å². The number of carbonyl (C=O) groups is 2. The van der Waals surface area contributed by atoms with Crippen molar-refractivity contribution < 1.29 is 19.8 Å². The maximum absolute atomic E-state index is 9.55. The van der Waals surface area contributed by atoms with Crippen molar-refractivity contribution in [2.45, 2.75) is 30.7 Å². The summed E-state index contributed by atoms with van der Waals surface area (Å²) in [4.78, 5) is 19.1. The molecule has 5 nitrogen and oxygen atoms in total. The van der Waals surface area contributed by atoms with E-state index in [-0.39, 0.29) is 5.41 Å². The van der Waals surface area contributed by atoms with Crippen LogP contribution in [0, 0.1) is 11.8 Å². The number of fused-ring (bicyclic) bond motifs is 1. The molecular weight excluding hydrogens is 366 g/mol. The first kappa shape index (κ1) is 20.8. The molecular formula is C24H27NO4. The Morgan fingerprint density at radius 1 is 0.931 bits per heavy atom. The van der Waals surface area contributed by atoms with Crippen LogP contribution in [-0.4, -0.2) is 35.2 Å². The van der Waals surface area contributed by atoms with Gasteiger partial charge in [0, 0.05) is 23.6 Å². The minimum absolute atomic E-state index is 0.237. The number of nitrogens with one attached hydrogen (secondary N) is 1. The number of carboxylic acid groups (broad SMARTS) is 2. The largest absolute Gasteiger partial charge is 0.478 e. The molecule has 0 spiro atoms. The van der Waals surface area contributed by atoms with Crippen LogP contribution in [0.2, 0.25) is 0 Å². The summed E-state index contributed by atoms with van der Waals surface area (Å²) in [6.45, 7) is 0. The van der Waals surface area contributed by atoms with Gasteiger partial charge in [-0.2, -0.15) is 0 Å². The lowest BCUT2D eigenvalue weighted by molar-refractivity contribution is -0.134. The molecule has 0 radical (unpaired) electrons. The lowest BCUT2D eigenvalue weighted by atomic mass is 9.64. The molecule has 3 atom stereocenters. The minimum Gasteiger partial charge on any atom is -0.478 e. The number of aliphatic carboxylic acids is 2. The van der Waals surface area contributed by atoms with Gasteiger partial charge in [-0.15, -0.1) is 0 Å². The fraction of sp³-hybridized carbons (Fsp3) is 0.333. The van der Waals surface area contributed by atoms with Crippen molar-refractivity contribution in [2.24, 2.45) is 11.8 Å². The Morgan fingerprint density at radius 2 is 1.41 bits per heavy atom. The van der Waals surface area contributed by atoms with Crippen LogP contribution >= 0.6 is 0 Å². The molecule has 152 valence electrons. The van der Waals surface area contributed by atoms with Crippen molar-refractivity contribution in [1.29, 1.82) is 0 Å². The van der Waals surface area contributed by atoms with Gasteiger partial charge in [-0.1, -0.05) is 60.7 Å². The standard InChI is InChI=1S/C20H23N.C4H4O4/c1-21-19-12-13-20(18-14-17(18)19,15-8-4-2-5-9-15)16-10-6-3-7-11-16;5-3(6)1-2-4(7)8/h2-11,17-19,21H,12-14H2,1H3;1-2H,(H,5,6)(H,7,8). The summed E-state index contributed by atoms with van der Waals surface area (Å²) in [7, 11) is 2.12. The summed E-state index contributed by atoms with van der Waals surface area (Å²) in [5.41, 5.74) is 3.26. The quantitative estimate of drug-likeness (QED) is 0.674. The van der Waals surface area contributed by atoms with E-state index in [0.717, 1.165) is 17.9 Å². The van der Waals surface area contributed by atoms with Gasteiger partial charge in [0.1, 0.15) is 0 Å². The normalized spacial score (nSPS) is 24.1. The lowest BCUT2D eigenvalue weighted by Gasteiger charge is -2.41. The zero-order valence-electron chi connectivity index (χ0n) is 16.5. The zero-order valence-corrected chi connectivity index (χ0v) is 16.5. The Balaban J connectivity index is 0.000000258. The fourth-order valence-corrected chi connectivity index (χ4v) is 4.86. The first-order chi connectivity index (χ1) is 14.0.